The van der Waals surface area contributed by atoms with Gasteiger partial charge in [-0.25, -0.2) is 9.18 Å². The summed E-state index contributed by atoms with van der Waals surface area (Å²) >= 11 is 0. The van der Waals surface area contributed by atoms with Gasteiger partial charge in [0.2, 0.25) is 0 Å². The van der Waals surface area contributed by atoms with E-state index in [0.717, 1.165) is 18.4 Å². The number of hydrogen-bond donors (Lipinski definition) is 2. The zero-order valence-corrected chi connectivity index (χ0v) is 10.5. The molecule has 2 amide bonds. The second kappa shape index (κ2) is 6.23. The molecule has 1 aromatic carbocycles. The van der Waals surface area contributed by atoms with E-state index in [1.807, 2.05) is 13.8 Å². The van der Waals surface area contributed by atoms with E-state index in [4.69, 9.17) is 0 Å². The van der Waals surface area contributed by atoms with Gasteiger partial charge in [-0.3, -0.25) is 0 Å². The molecule has 0 radical (unpaired) electrons. The highest BCUT2D eigenvalue weighted by atomic mass is 19.1. The van der Waals surface area contributed by atoms with Crippen molar-refractivity contribution in [3.8, 4) is 0 Å². The maximum absolute atomic E-state index is 13.0. The van der Waals surface area contributed by atoms with Gasteiger partial charge in [0, 0.05) is 11.7 Å². The molecule has 0 saturated heterocycles. The lowest BCUT2D eigenvalue weighted by Gasteiger charge is -2.14. The molecule has 0 saturated carbocycles. The lowest BCUT2D eigenvalue weighted by molar-refractivity contribution is 0.248. The fraction of sp³-hybridized carbons (Fsp3) is 0.462. The number of aryl methyl sites for hydroxylation is 1. The zero-order valence-electron chi connectivity index (χ0n) is 10.5. The van der Waals surface area contributed by atoms with Crippen LogP contribution in [0, 0.1) is 12.7 Å². The van der Waals surface area contributed by atoms with E-state index in [1.165, 1.54) is 12.1 Å². The molecule has 17 heavy (non-hydrogen) atoms. The van der Waals surface area contributed by atoms with Crippen LogP contribution in [0.4, 0.5) is 14.9 Å². The van der Waals surface area contributed by atoms with Crippen LogP contribution in [0.3, 0.4) is 0 Å². The van der Waals surface area contributed by atoms with Crippen LogP contribution < -0.4 is 10.6 Å². The third-order valence-corrected chi connectivity index (χ3v) is 2.55. The number of halogens is 1. The van der Waals surface area contributed by atoms with Crippen molar-refractivity contribution < 1.29 is 9.18 Å². The third kappa shape index (κ3) is 4.43. The summed E-state index contributed by atoms with van der Waals surface area (Å²) in [6, 6.07) is 4.16. The van der Waals surface area contributed by atoms with Crippen LogP contribution in [-0.2, 0) is 0 Å². The number of anilines is 1. The Morgan fingerprint density at radius 1 is 1.47 bits per heavy atom. The molecule has 2 N–H and O–H groups in total. The summed E-state index contributed by atoms with van der Waals surface area (Å²) < 4.78 is 13.0. The molecule has 0 spiro atoms. The predicted octanol–water partition coefficient (Wildman–Crippen LogP) is 3.44. The number of amides is 2. The van der Waals surface area contributed by atoms with Crippen molar-refractivity contribution in [2.45, 2.75) is 39.7 Å². The largest absolute Gasteiger partial charge is 0.335 e. The molecule has 0 aliphatic heterocycles. The predicted molar refractivity (Wildman–Crippen MR) is 67.7 cm³/mol. The Hall–Kier alpha value is -1.58. The first-order valence-corrected chi connectivity index (χ1v) is 5.86. The van der Waals surface area contributed by atoms with Gasteiger partial charge in [0.15, 0.2) is 0 Å². The van der Waals surface area contributed by atoms with Crippen LogP contribution in [0.1, 0.15) is 32.3 Å². The van der Waals surface area contributed by atoms with Gasteiger partial charge in [-0.05, 0) is 38.0 Å². The number of rotatable bonds is 4. The van der Waals surface area contributed by atoms with Crippen molar-refractivity contribution in [2.24, 2.45) is 0 Å². The fourth-order valence-electron chi connectivity index (χ4n) is 1.62. The first kappa shape index (κ1) is 13.5. The van der Waals surface area contributed by atoms with E-state index in [-0.39, 0.29) is 17.9 Å². The molecule has 0 aromatic heterocycles. The van der Waals surface area contributed by atoms with Crippen LogP contribution in [0.5, 0.6) is 0 Å². The second-order valence-corrected chi connectivity index (χ2v) is 4.25. The van der Waals surface area contributed by atoms with Crippen molar-refractivity contribution in [2.75, 3.05) is 5.32 Å². The summed E-state index contributed by atoms with van der Waals surface area (Å²) in [7, 11) is 0. The van der Waals surface area contributed by atoms with Crippen molar-refractivity contribution in [3.63, 3.8) is 0 Å². The summed E-state index contributed by atoms with van der Waals surface area (Å²) in [5.74, 6) is -0.354. The summed E-state index contributed by atoms with van der Waals surface area (Å²) in [4.78, 5) is 11.6. The molecule has 0 bridgehead atoms. The minimum atomic E-state index is -0.354. The Bertz CT molecular complexity index is 393. The van der Waals surface area contributed by atoms with E-state index in [0.29, 0.717) is 5.69 Å². The number of urea groups is 1. The monoisotopic (exact) mass is 238 g/mol. The highest BCUT2D eigenvalue weighted by Crippen LogP contribution is 2.15. The molecule has 0 aliphatic rings. The fourth-order valence-corrected chi connectivity index (χ4v) is 1.62. The van der Waals surface area contributed by atoms with Crippen LogP contribution >= 0.6 is 0 Å². The summed E-state index contributed by atoms with van der Waals surface area (Å²) in [6.07, 6.45) is 1.94. The molecule has 0 fully saturated rings. The minimum Gasteiger partial charge on any atom is -0.335 e. The van der Waals surface area contributed by atoms with Crippen molar-refractivity contribution in [1.29, 1.82) is 0 Å². The molecule has 1 rings (SSSR count). The normalized spacial score (nSPS) is 12.0. The molecule has 1 aromatic rings. The first-order chi connectivity index (χ1) is 8.02. The van der Waals surface area contributed by atoms with E-state index >= 15 is 0 Å². The maximum atomic E-state index is 13.0. The van der Waals surface area contributed by atoms with Gasteiger partial charge in [0.1, 0.15) is 5.82 Å². The molecule has 0 heterocycles. The number of carbonyl (C=O) groups is 1. The summed E-state index contributed by atoms with van der Waals surface area (Å²) in [6.45, 7) is 5.83. The number of carbonyl (C=O) groups excluding carboxylic acids is 1. The van der Waals surface area contributed by atoms with Gasteiger partial charge in [-0.2, -0.15) is 0 Å². The third-order valence-electron chi connectivity index (χ3n) is 2.55. The molecule has 4 heteroatoms. The Balaban J connectivity index is 2.58. The lowest BCUT2D eigenvalue weighted by atomic mass is 10.2. The topological polar surface area (TPSA) is 41.1 Å². The summed E-state index contributed by atoms with van der Waals surface area (Å²) in [5.41, 5.74) is 1.34. The van der Waals surface area contributed by atoms with E-state index in [2.05, 4.69) is 17.6 Å². The smallest absolute Gasteiger partial charge is 0.319 e. The van der Waals surface area contributed by atoms with Crippen LogP contribution in [0.25, 0.3) is 0 Å². The number of hydrogen-bond acceptors (Lipinski definition) is 1. The SMILES string of the molecule is CCC[C@@H](C)NC(=O)Nc1cc(F)ccc1C. The van der Waals surface area contributed by atoms with Gasteiger partial charge in [-0.1, -0.05) is 19.4 Å². The number of nitrogens with one attached hydrogen (secondary N) is 2. The van der Waals surface area contributed by atoms with Crippen LogP contribution in [-0.4, -0.2) is 12.1 Å². The highest BCUT2D eigenvalue weighted by Gasteiger charge is 2.08. The Morgan fingerprint density at radius 3 is 2.82 bits per heavy atom. The number of benzene rings is 1. The molecule has 0 unspecified atom stereocenters. The van der Waals surface area contributed by atoms with Crippen molar-refractivity contribution in [1.82, 2.24) is 5.32 Å². The van der Waals surface area contributed by atoms with Gasteiger partial charge in [0.25, 0.3) is 0 Å². The molecular formula is C13H19FN2O. The Kier molecular flexibility index (Phi) is 4.94. The highest BCUT2D eigenvalue weighted by molar-refractivity contribution is 5.90. The second-order valence-electron chi connectivity index (χ2n) is 4.25. The standard InChI is InChI=1S/C13H19FN2O/c1-4-5-10(3)15-13(17)16-12-8-11(14)7-6-9(12)2/h6-8,10H,4-5H2,1-3H3,(H2,15,16,17)/t10-/m1/s1. The van der Waals surface area contributed by atoms with Gasteiger partial charge < -0.3 is 10.6 Å². The van der Waals surface area contributed by atoms with E-state index < -0.39 is 0 Å². The quantitative estimate of drug-likeness (QED) is 0.828. The van der Waals surface area contributed by atoms with E-state index in [1.54, 1.807) is 6.07 Å². The van der Waals surface area contributed by atoms with E-state index in [9.17, 15) is 9.18 Å². The van der Waals surface area contributed by atoms with Crippen molar-refractivity contribution >= 4 is 11.7 Å². The minimum absolute atomic E-state index is 0.119. The average Bonchev–Trinajstić information content (AvgIpc) is 2.23. The van der Waals surface area contributed by atoms with Gasteiger partial charge >= 0.3 is 6.03 Å². The molecule has 0 aliphatic carbocycles. The first-order valence-electron chi connectivity index (χ1n) is 5.86. The van der Waals surface area contributed by atoms with Crippen LogP contribution in [0.2, 0.25) is 0 Å². The lowest BCUT2D eigenvalue weighted by Crippen LogP contribution is -2.36. The molecular weight excluding hydrogens is 219 g/mol. The van der Waals surface area contributed by atoms with Crippen molar-refractivity contribution in [3.05, 3.63) is 29.6 Å². The Morgan fingerprint density at radius 2 is 2.18 bits per heavy atom. The molecule has 3 nitrogen and oxygen atoms in total. The average molecular weight is 238 g/mol. The maximum Gasteiger partial charge on any atom is 0.319 e. The van der Waals surface area contributed by atoms with Gasteiger partial charge in [-0.15, -0.1) is 0 Å². The Labute approximate surface area is 101 Å². The molecule has 94 valence electrons. The summed E-state index contributed by atoms with van der Waals surface area (Å²) in [5, 5.41) is 5.45. The molecule has 1 atom stereocenters. The van der Waals surface area contributed by atoms with Crippen LogP contribution in [0.15, 0.2) is 18.2 Å². The van der Waals surface area contributed by atoms with Gasteiger partial charge in [0.05, 0.1) is 0 Å². The zero-order chi connectivity index (χ0) is 12.8.